The van der Waals surface area contributed by atoms with Crippen LogP contribution >= 0.6 is 0 Å². The van der Waals surface area contributed by atoms with Crippen molar-refractivity contribution >= 4 is 0 Å². The first-order valence-electron chi connectivity index (χ1n) is 5.09. The van der Waals surface area contributed by atoms with Crippen LogP contribution in [0.2, 0.25) is 0 Å². The smallest absolute Gasteiger partial charge is 0.0590 e. The maximum absolute atomic E-state index is 5.85. The summed E-state index contributed by atoms with van der Waals surface area (Å²) < 4.78 is 5.67. The molecule has 0 aromatic heterocycles. The van der Waals surface area contributed by atoms with E-state index >= 15 is 0 Å². The zero-order valence-corrected chi connectivity index (χ0v) is 8.38. The van der Waals surface area contributed by atoms with Gasteiger partial charge in [-0.3, -0.25) is 0 Å². The van der Waals surface area contributed by atoms with E-state index in [0.717, 1.165) is 25.9 Å². The zero-order valence-electron chi connectivity index (χ0n) is 8.38. The van der Waals surface area contributed by atoms with Gasteiger partial charge in [-0.05, 0) is 32.6 Å². The Bertz CT molecular complexity index is 192. The lowest BCUT2D eigenvalue weighted by Crippen LogP contribution is -2.32. The SMILES string of the molecule is CC#CCCOC1CCCC(N)C1. The standard InChI is InChI=1S/C11H19NO/c1-2-3-4-8-13-11-7-5-6-10(12)9-11/h10-11H,4-9,12H2,1H3. The second-order valence-electron chi connectivity index (χ2n) is 3.60. The minimum absolute atomic E-state index is 0.357. The van der Waals surface area contributed by atoms with Gasteiger partial charge in [0.15, 0.2) is 0 Å². The van der Waals surface area contributed by atoms with Crippen LogP contribution in [0, 0.1) is 11.8 Å². The lowest BCUT2D eigenvalue weighted by atomic mass is 9.94. The van der Waals surface area contributed by atoms with Gasteiger partial charge in [0.05, 0.1) is 12.7 Å². The summed E-state index contributed by atoms with van der Waals surface area (Å²) in [6, 6.07) is 0.357. The van der Waals surface area contributed by atoms with E-state index in [2.05, 4.69) is 11.8 Å². The van der Waals surface area contributed by atoms with Crippen LogP contribution < -0.4 is 5.73 Å². The molecule has 0 spiro atoms. The summed E-state index contributed by atoms with van der Waals surface area (Å²) in [7, 11) is 0. The minimum Gasteiger partial charge on any atom is -0.377 e. The van der Waals surface area contributed by atoms with Crippen molar-refractivity contribution in [3.8, 4) is 11.8 Å². The van der Waals surface area contributed by atoms with Gasteiger partial charge in [-0.2, -0.15) is 0 Å². The van der Waals surface area contributed by atoms with Crippen molar-refractivity contribution in [1.29, 1.82) is 0 Å². The molecule has 1 aliphatic rings. The summed E-state index contributed by atoms with van der Waals surface area (Å²) >= 11 is 0. The van der Waals surface area contributed by atoms with Crippen LogP contribution in [-0.2, 0) is 4.74 Å². The molecule has 0 aromatic carbocycles. The Labute approximate surface area is 80.8 Å². The molecule has 0 aliphatic heterocycles. The lowest BCUT2D eigenvalue weighted by Gasteiger charge is -2.26. The van der Waals surface area contributed by atoms with Crippen LogP contribution in [0.15, 0.2) is 0 Å². The third-order valence-electron chi connectivity index (χ3n) is 2.42. The van der Waals surface area contributed by atoms with E-state index in [0.29, 0.717) is 12.1 Å². The molecule has 2 atom stereocenters. The minimum atomic E-state index is 0.357. The number of nitrogens with two attached hydrogens (primary N) is 1. The van der Waals surface area contributed by atoms with Gasteiger partial charge in [0, 0.05) is 12.5 Å². The van der Waals surface area contributed by atoms with E-state index in [1.807, 2.05) is 6.92 Å². The molecular formula is C11H19NO. The summed E-state index contributed by atoms with van der Waals surface area (Å²) in [5.41, 5.74) is 5.85. The van der Waals surface area contributed by atoms with Crippen LogP contribution in [-0.4, -0.2) is 18.8 Å². The summed E-state index contributed by atoms with van der Waals surface area (Å²) in [5.74, 6) is 5.85. The average molecular weight is 181 g/mol. The molecule has 0 bridgehead atoms. The molecular weight excluding hydrogens is 162 g/mol. The van der Waals surface area contributed by atoms with Crippen molar-refractivity contribution in [3.63, 3.8) is 0 Å². The summed E-state index contributed by atoms with van der Waals surface area (Å²) in [6.45, 7) is 2.62. The quantitative estimate of drug-likeness (QED) is 0.531. The largest absolute Gasteiger partial charge is 0.377 e. The Morgan fingerprint density at radius 2 is 2.31 bits per heavy atom. The van der Waals surface area contributed by atoms with Crippen LogP contribution in [0.3, 0.4) is 0 Å². The molecule has 0 heterocycles. The number of ether oxygens (including phenoxy) is 1. The fraction of sp³-hybridized carbons (Fsp3) is 0.818. The van der Waals surface area contributed by atoms with Crippen molar-refractivity contribution in [2.45, 2.75) is 51.2 Å². The molecule has 1 fully saturated rings. The van der Waals surface area contributed by atoms with Crippen molar-refractivity contribution in [3.05, 3.63) is 0 Å². The normalized spacial score (nSPS) is 27.8. The van der Waals surface area contributed by atoms with Crippen molar-refractivity contribution in [2.75, 3.05) is 6.61 Å². The summed E-state index contributed by atoms with van der Waals surface area (Å²) in [5, 5.41) is 0. The van der Waals surface area contributed by atoms with E-state index in [1.54, 1.807) is 0 Å². The summed E-state index contributed by atoms with van der Waals surface area (Å²) in [4.78, 5) is 0. The van der Waals surface area contributed by atoms with Crippen LogP contribution in [0.4, 0.5) is 0 Å². The molecule has 13 heavy (non-hydrogen) atoms. The molecule has 2 N–H and O–H groups in total. The summed E-state index contributed by atoms with van der Waals surface area (Å²) in [6.07, 6.45) is 5.82. The van der Waals surface area contributed by atoms with Crippen LogP contribution in [0.5, 0.6) is 0 Å². The topological polar surface area (TPSA) is 35.2 Å². The Morgan fingerprint density at radius 1 is 1.46 bits per heavy atom. The Morgan fingerprint density at radius 3 is 3.00 bits per heavy atom. The molecule has 74 valence electrons. The highest BCUT2D eigenvalue weighted by atomic mass is 16.5. The van der Waals surface area contributed by atoms with E-state index in [4.69, 9.17) is 10.5 Å². The molecule has 0 aromatic rings. The zero-order chi connectivity index (χ0) is 9.52. The van der Waals surface area contributed by atoms with Crippen molar-refractivity contribution in [1.82, 2.24) is 0 Å². The Balaban J connectivity index is 2.08. The maximum Gasteiger partial charge on any atom is 0.0590 e. The van der Waals surface area contributed by atoms with Gasteiger partial charge in [0.1, 0.15) is 0 Å². The fourth-order valence-electron chi connectivity index (χ4n) is 1.73. The highest BCUT2D eigenvalue weighted by Gasteiger charge is 2.18. The monoisotopic (exact) mass is 181 g/mol. The van der Waals surface area contributed by atoms with Crippen LogP contribution in [0.1, 0.15) is 39.0 Å². The molecule has 2 unspecified atom stereocenters. The maximum atomic E-state index is 5.85. The second kappa shape index (κ2) is 6.01. The molecule has 1 saturated carbocycles. The number of hydrogen-bond acceptors (Lipinski definition) is 2. The first-order valence-corrected chi connectivity index (χ1v) is 5.09. The van der Waals surface area contributed by atoms with Gasteiger partial charge < -0.3 is 10.5 Å². The van der Waals surface area contributed by atoms with Gasteiger partial charge >= 0.3 is 0 Å². The van der Waals surface area contributed by atoms with E-state index in [9.17, 15) is 0 Å². The van der Waals surface area contributed by atoms with Crippen molar-refractivity contribution < 1.29 is 4.74 Å². The Hall–Kier alpha value is -0.520. The number of hydrogen-bond donors (Lipinski definition) is 1. The average Bonchev–Trinajstić information content (AvgIpc) is 2.13. The molecule has 0 saturated heterocycles. The first kappa shape index (κ1) is 10.6. The third-order valence-corrected chi connectivity index (χ3v) is 2.42. The molecule has 2 heteroatoms. The first-order chi connectivity index (χ1) is 6.33. The highest BCUT2D eigenvalue weighted by Crippen LogP contribution is 2.19. The molecule has 2 nitrogen and oxygen atoms in total. The predicted octanol–water partition coefficient (Wildman–Crippen LogP) is 1.69. The molecule has 0 radical (unpaired) electrons. The van der Waals surface area contributed by atoms with E-state index in [1.165, 1.54) is 12.8 Å². The van der Waals surface area contributed by atoms with Crippen molar-refractivity contribution in [2.24, 2.45) is 5.73 Å². The lowest BCUT2D eigenvalue weighted by molar-refractivity contribution is 0.0270. The van der Waals surface area contributed by atoms with E-state index in [-0.39, 0.29) is 0 Å². The van der Waals surface area contributed by atoms with Gasteiger partial charge in [-0.1, -0.05) is 0 Å². The van der Waals surface area contributed by atoms with Gasteiger partial charge in [-0.25, -0.2) is 0 Å². The van der Waals surface area contributed by atoms with Gasteiger partial charge in [0.25, 0.3) is 0 Å². The van der Waals surface area contributed by atoms with E-state index < -0.39 is 0 Å². The highest BCUT2D eigenvalue weighted by molar-refractivity contribution is 4.94. The molecule has 1 rings (SSSR count). The Kier molecular flexibility index (Phi) is 4.88. The number of rotatable bonds is 3. The predicted molar refractivity (Wildman–Crippen MR) is 54.3 cm³/mol. The third kappa shape index (κ3) is 4.31. The van der Waals surface area contributed by atoms with Crippen LogP contribution in [0.25, 0.3) is 0 Å². The second-order valence-corrected chi connectivity index (χ2v) is 3.60. The molecule has 0 amide bonds. The van der Waals surface area contributed by atoms with Gasteiger partial charge in [-0.15, -0.1) is 11.8 Å². The molecule has 1 aliphatic carbocycles. The van der Waals surface area contributed by atoms with Gasteiger partial charge in [0.2, 0.25) is 0 Å². The fourth-order valence-corrected chi connectivity index (χ4v) is 1.73.